The number of likely N-dealkylation sites (tertiary alicyclic amines) is 1. The molecule has 0 spiro atoms. The lowest BCUT2D eigenvalue weighted by molar-refractivity contribution is 0.0820. The lowest BCUT2D eigenvalue weighted by Gasteiger charge is -2.29. The van der Waals surface area contributed by atoms with Crippen LogP contribution in [0.3, 0.4) is 0 Å². The van der Waals surface area contributed by atoms with Gasteiger partial charge in [0.1, 0.15) is 11.6 Å². The largest absolute Gasteiger partial charge is 0.493 e. The second kappa shape index (κ2) is 8.08. The molecule has 2 aliphatic heterocycles. The van der Waals surface area contributed by atoms with Crippen molar-refractivity contribution in [3.8, 4) is 5.75 Å². The fourth-order valence-electron chi connectivity index (χ4n) is 3.48. The summed E-state index contributed by atoms with van der Waals surface area (Å²) in [6.45, 7) is 4.66. The van der Waals surface area contributed by atoms with E-state index in [2.05, 4.69) is 10.2 Å². The molecule has 3 rings (SSSR count). The number of hydrogen-bond acceptors (Lipinski definition) is 4. The minimum absolute atomic E-state index is 0.109. The summed E-state index contributed by atoms with van der Waals surface area (Å²) < 4.78 is 19.3. The predicted octanol–water partition coefficient (Wildman–Crippen LogP) is 2.48. The van der Waals surface area contributed by atoms with Gasteiger partial charge < -0.3 is 20.1 Å². The highest BCUT2D eigenvalue weighted by Gasteiger charge is 2.20. The van der Waals surface area contributed by atoms with Crippen molar-refractivity contribution in [2.45, 2.75) is 44.2 Å². The first kappa shape index (κ1) is 16.7. The summed E-state index contributed by atoms with van der Waals surface area (Å²) >= 11 is 0. The van der Waals surface area contributed by atoms with E-state index in [-0.39, 0.29) is 18.0 Å². The topological polar surface area (TPSA) is 44.7 Å². The van der Waals surface area contributed by atoms with Crippen molar-refractivity contribution in [3.05, 3.63) is 29.6 Å². The molecule has 5 heteroatoms. The maximum absolute atomic E-state index is 13.6. The van der Waals surface area contributed by atoms with Crippen LogP contribution in [0, 0.1) is 5.82 Å². The van der Waals surface area contributed by atoms with E-state index in [4.69, 9.17) is 4.74 Å². The predicted molar refractivity (Wildman–Crippen MR) is 88.2 cm³/mol. The fourth-order valence-corrected chi connectivity index (χ4v) is 3.48. The number of benzene rings is 1. The zero-order valence-corrected chi connectivity index (χ0v) is 13.6. The lowest BCUT2D eigenvalue weighted by Crippen LogP contribution is -2.37. The van der Waals surface area contributed by atoms with Gasteiger partial charge in [-0.3, -0.25) is 0 Å². The average molecular weight is 322 g/mol. The van der Waals surface area contributed by atoms with Crippen molar-refractivity contribution in [2.24, 2.45) is 0 Å². The molecule has 2 aliphatic rings. The van der Waals surface area contributed by atoms with Crippen molar-refractivity contribution in [1.82, 2.24) is 10.2 Å². The van der Waals surface area contributed by atoms with Crippen LogP contribution in [0.25, 0.3) is 0 Å². The third kappa shape index (κ3) is 4.66. The molecule has 0 bridgehead atoms. The van der Waals surface area contributed by atoms with Crippen molar-refractivity contribution in [2.75, 3.05) is 32.8 Å². The third-order valence-electron chi connectivity index (χ3n) is 4.84. The molecule has 0 aromatic heterocycles. The first-order valence-electron chi connectivity index (χ1n) is 8.78. The van der Waals surface area contributed by atoms with Crippen molar-refractivity contribution in [1.29, 1.82) is 0 Å². The monoisotopic (exact) mass is 322 g/mol. The molecule has 0 aliphatic carbocycles. The molecular weight excluding hydrogens is 295 g/mol. The Hall–Kier alpha value is -1.17. The van der Waals surface area contributed by atoms with Crippen LogP contribution in [0.1, 0.15) is 43.7 Å². The minimum Gasteiger partial charge on any atom is -0.493 e. The van der Waals surface area contributed by atoms with Gasteiger partial charge in [-0.25, -0.2) is 4.39 Å². The number of ether oxygens (including phenoxy) is 1. The summed E-state index contributed by atoms with van der Waals surface area (Å²) in [5.74, 6) is 0.611. The van der Waals surface area contributed by atoms with Crippen LogP contribution in [0.15, 0.2) is 18.2 Å². The van der Waals surface area contributed by atoms with Gasteiger partial charge in [-0.15, -0.1) is 0 Å². The van der Waals surface area contributed by atoms with Gasteiger partial charge in [-0.2, -0.15) is 0 Å². The number of piperidine rings is 1. The molecule has 1 atom stereocenters. The molecule has 0 saturated carbocycles. The Kier molecular flexibility index (Phi) is 5.86. The van der Waals surface area contributed by atoms with E-state index in [1.807, 2.05) is 0 Å². The molecule has 1 saturated heterocycles. The van der Waals surface area contributed by atoms with Crippen LogP contribution in [0.4, 0.5) is 4.39 Å². The highest BCUT2D eigenvalue weighted by Crippen LogP contribution is 2.31. The van der Waals surface area contributed by atoms with Crippen LogP contribution in [0.2, 0.25) is 0 Å². The lowest BCUT2D eigenvalue weighted by atomic mass is 10.0. The number of aliphatic hydroxyl groups excluding tert-OH is 1. The van der Waals surface area contributed by atoms with Gasteiger partial charge in [0, 0.05) is 24.7 Å². The van der Waals surface area contributed by atoms with Crippen LogP contribution in [0.5, 0.6) is 5.75 Å². The summed E-state index contributed by atoms with van der Waals surface area (Å²) in [5.41, 5.74) is 0.948. The number of aliphatic hydroxyl groups is 1. The maximum atomic E-state index is 13.6. The molecule has 0 radical (unpaired) electrons. The number of halogens is 1. The van der Waals surface area contributed by atoms with Crippen molar-refractivity contribution >= 4 is 0 Å². The Bertz CT molecular complexity index is 504. The van der Waals surface area contributed by atoms with Crippen LogP contribution in [-0.2, 0) is 0 Å². The molecule has 1 aromatic carbocycles. The van der Waals surface area contributed by atoms with Crippen LogP contribution in [-0.4, -0.2) is 48.9 Å². The molecule has 1 aromatic rings. The Labute approximate surface area is 137 Å². The maximum Gasteiger partial charge on any atom is 0.124 e. The summed E-state index contributed by atoms with van der Waals surface area (Å²) in [5, 5.41) is 13.1. The molecular formula is C18H27FN2O2. The van der Waals surface area contributed by atoms with E-state index < -0.39 is 0 Å². The van der Waals surface area contributed by atoms with E-state index in [0.29, 0.717) is 6.61 Å². The van der Waals surface area contributed by atoms with E-state index >= 15 is 0 Å². The smallest absolute Gasteiger partial charge is 0.124 e. The Morgan fingerprint density at radius 2 is 2.09 bits per heavy atom. The zero-order chi connectivity index (χ0) is 16.1. The second-order valence-electron chi connectivity index (χ2n) is 6.61. The molecule has 0 amide bonds. The van der Waals surface area contributed by atoms with E-state index in [0.717, 1.165) is 69.6 Å². The molecule has 128 valence electrons. The molecule has 1 fully saturated rings. The van der Waals surface area contributed by atoms with Crippen molar-refractivity contribution < 1.29 is 14.2 Å². The standard InChI is InChI=1S/C18H27FN2O2/c19-14-4-5-18-16(13-14)17(3-1-12-23-18)20-8-2-9-21-10-6-15(22)7-11-21/h4-5,13,15,17,20,22H,1-3,6-12H2. The van der Waals surface area contributed by atoms with Gasteiger partial charge in [-0.05, 0) is 63.4 Å². The first-order valence-corrected chi connectivity index (χ1v) is 8.78. The minimum atomic E-state index is -0.201. The van der Waals surface area contributed by atoms with E-state index in [9.17, 15) is 9.50 Å². The average Bonchev–Trinajstić information content (AvgIpc) is 2.75. The number of hydrogen-bond donors (Lipinski definition) is 2. The quantitative estimate of drug-likeness (QED) is 0.818. The van der Waals surface area contributed by atoms with Crippen LogP contribution < -0.4 is 10.1 Å². The molecule has 2 heterocycles. The Morgan fingerprint density at radius 1 is 1.26 bits per heavy atom. The van der Waals surface area contributed by atoms with Gasteiger partial charge in [0.05, 0.1) is 12.7 Å². The fraction of sp³-hybridized carbons (Fsp3) is 0.667. The van der Waals surface area contributed by atoms with E-state index in [1.54, 1.807) is 12.1 Å². The van der Waals surface area contributed by atoms with Gasteiger partial charge in [0.25, 0.3) is 0 Å². The summed E-state index contributed by atoms with van der Waals surface area (Å²) in [6.07, 6.45) is 4.70. The normalized spacial score (nSPS) is 23.1. The van der Waals surface area contributed by atoms with Crippen LogP contribution >= 0.6 is 0 Å². The second-order valence-corrected chi connectivity index (χ2v) is 6.61. The molecule has 2 N–H and O–H groups in total. The van der Waals surface area contributed by atoms with E-state index in [1.165, 1.54) is 6.07 Å². The van der Waals surface area contributed by atoms with Gasteiger partial charge in [0.15, 0.2) is 0 Å². The summed E-state index contributed by atoms with van der Waals surface area (Å²) in [6, 6.07) is 4.98. The number of nitrogens with one attached hydrogen (secondary N) is 1. The highest BCUT2D eigenvalue weighted by molar-refractivity contribution is 5.37. The number of nitrogens with zero attached hydrogens (tertiary/aromatic N) is 1. The molecule has 23 heavy (non-hydrogen) atoms. The number of rotatable bonds is 5. The van der Waals surface area contributed by atoms with Gasteiger partial charge in [-0.1, -0.05) is 0 Å². The molecule has 1 unspecified atom stereocenters. The number of fused-ring (bicyclic) bond motifs is 1. The SMILES string of the molecule is OC1CCN(CCCNC2CCCOc3ccc(F)cc32)CC1. The third-order valence-corrected chi connectivity index (χ3v) is 4.84. The summed E-state index contributed by atoms with van der Waals surface area (Å²) in [4.78, 5) is 2.41. The highest BCUT2D eigenvalue weighted by atomic mass is 19.1. The molecule has 4 nitrogen and oxygen atoms in total. The first-order chi connectivity index (χ1) is 11.2. The summed E-state index contributed by atoms with van der Waals surface area (Å²) in [7, 11) is 0. The Balaban J connectivity index is 1.47. The van der Waals surface area contributed by atoms with Gasteiger partial charge in [0.2, 0.25) is 0 Å². The zero-order valence-electron chi connectivity index (χ0n) is 13.6. The van der Waals surface area contributed by atoms with Crippen molar-refractivity contribution in [3.63, 3.8) is 0 Å². The van der Waals surface area contributed by atoms with Gasteiger partial charge >= 0.3 is 0 Å². The Morgan fingerprint density at radius 3 is 2.91 bits per heavy atom.